The van der Waals surface area contributed by atoms with Crippen LogP contribution in [0.2, 0.25) is 0 Å². The zero-order valence-corrected chi connectivity index (χ0v) is 11.2. The van der Waals surface area contributed by atoms with Crippen molar-refractivity contribution in [3.8, 4) is 0 Å². The standard InChI is InChI=1S/C15H24O/c1-11(2)8-9-15(5,16)14-10-12(3)6-7-13(14)4/h6-7,10-11,16H,8-9H2,1-5H3. The van der Waals surface area contributed by atoms with Crippen molar-refractivity contribution in [2.45, 2.75) is 53.1 Å². The summed E-state index contributed by atoms with van der Waals surface area (Å²) in [6.45, 7) is 10.5. The molecule has 1 N–H and O–H groups in total. The van der Waals surface area contributed by atoms with Gasteiger partial charge in [0.15, 0.2) is 0 Å². The molecule has 16 heavy (non-hydrogen) atoms. The first-order chi connectivity index (χ1) is 7.33. The van der Waals surface area contributed by atoms with Gasteiger partial charge in [0.05, 0.1) is 5.60 Å². The molecule has 0 aliphatic carbocycles. The lowest BCUT2D eigenvalue weighted by molar-refractivity contribution is 0.0413. The first-order valence-corrected chi connectivity index (χ1v) is 6.13. The third-order valence-electron chi connectivity index (χ3n) is 3.18. The Balaban J connectivity index is 2.92. The molecule has 0 amide bonds. The van der Waals surface area contributed by atoms with Gasteiger partial charge in [0.2, 0.25) is 0 Å². The summed E-state index contributed by atoms with van der Waals surface area (Å²) < 4.78 is 0. The maximum Gasteiger partial charge on any atom is 0.0871 e. The largest absolute Gasteiger partial charge is 0.385 e. The second-order valence-electron chi connectivity index (χ2n) is 5.52. The first-order valence-electron chi connectivity index (χ1n) is 6.13. The molecule has 1 aromatic rings. The molecule has 0 heterocycles. The van der Waals surface area contributed by atoms with Crippen LogP contribution in [0.1, 0.15) is 50.3 Å². The molecule has 0 fully saturated rings. The summed E-state index contributed by atoms with van der Waals surface area (Å²) in [5, 5.41) is 10.5. The fourth-order valence-electron chi connectivity index (χ4n) is 2.02. The second kappa shape index (κ2) is 5.01. The summed E-state index contributed by atoms with van der Waals surface area (Å²) in [5.41, 5.74) is 2.78. The van der Waals surface area contributed by atoms with Crippen molar-refractivity contribution in [2.75, 3.05) is 0 Å². The highest BCUT2D eigenvalue weighted by atomic mass is 16.3. The van der Waals surface area contributed by atoms with Gasteiger partial charge in [0.25, 0.3) is 0 Å². The van der Waals surface area contributed by atoms with E-state index in [1.165, 1.54) is 11.1 Å². The Hall–Kier alpha value is -0.820. The Morgan fingerprint density at radius 1 is 1.25 bits per heavy atom. The summed E-state index contributed by atoms with van der Waals surface area (Å²) in [5.74, 6) is 0.636. The number of hydrogen-bond donors (Lipinski definition) is 1. The van der Waals surface area contributed by atoms with Gasteiger partial charge >= 0.3 is 0 Å². The van der Waals surface area contributed by atoms with E-state index < -0.39 is 5.60 Å². The molecule has 1 aromatic carbocycles. The summed E-state index contributed by atoms with van der Waals surface area (Å²) in [7, 11) is 0. The molecule has 90 valence electrons. The number of aliphatic hydroxyl groups is 1. The third kappa shape index (κ3) is 3.34. The van der Waals surface area contributed by atoms with Crippen molar-refractivity contribution in [2.24, 2.45) is 5.92 Å². The average molecular weight is 220 g/mol. The van der Waals surface area contributed by atoms with Gasteiger partial charge in [-0.3, -0.25) is 0 Å². The van der Waals surface area contributed by atoms with Crippen LogP contribution in [0, 0.1) is 19.8 Å². The molecule has 0 spiro atoms. The molecule has 1 rings (SSSR count). The molecule has 0 aliphatic rings. The third-order valence-corrected chi connectivity index (χ3v) is 3.18. The highest BCUT2D eigenvalue weighted by Gasteiger charge is 2.24. The summed E-state index contributed by atoms with van der Waals surface area (Å²) in [6, 6.07) is 6.29. The van der Waals surface area contributed by atoms with E-state index in [1.807, 2.05) is 6.92 Å². The van der Waals surface area contributed by atoms with E-state index in [9.17, 15) is 5.11 Å². The number of benzene rings is 1. The van der Waals surface area contributed by atoms with Crippen molar-refractivity contribution < 1.29 is 5.11 Å². The lowest BCUT2D eigenvalue weighted by Crippen LogP contribution is -2.23. The lowest BCUT2D eigenvalue weighted by Gasteiger charge is -2.27. The maximum atomic E-state index is 10.5. The Morgan fingerprint density at radius 2 is 1.88 bits per heavy atom. The number of hydrogen-bond acceptors (Lipinski definition) is 1. The predicted molar refractivity (Wildman–Crippen MR) is 69.6 cm³/mol. The zero-order valence-electron chi connectivity index (χ0n) is 11.2. The molecule has 0 saturated carbocycles. The quantitative estimate of drug-likeness (QED) is 0.814. The predicted octanol–water partition coefficient (Wildman–Crippen LogP) is 3.95. The van der Waals surface area contributed by atoms with Crippen molar-refractivity contribution in [3.05, 3.63) is 34.9 Å². The topological polar surface area (TPSA) is 20.2 Å². The Morgan fingerprint density at radius 3 is 2.44 bits per heavy atom. The van der Waals surface area contributed by atoms with Gasteiger partial charge in [-0.05, 0) is 50.7 Å². The van der Waals surface area contributed by atoms with E-state index in [-0.39, 0.29) is 0 Å². The van der Waals surface area contributed by atoms with Crippen LogP contribution in [-0.2, 0) is 5.60 Å². The van der Waals surface area contributed by atoms with Crippen LogP contribution in [-0.4, -0.2) is 5.11 Å². The molecule has 0 bridgehead atoms. The SMILES string of the molecule is Cc1ccc(C)c(C(C)(O)CCC(C)C)c1. The van der Waals surface area contributed by atoms with Crippen LogP contribution in [0.25, 0.3) is 0 Å². The van der Waals surface area contributed by atoms with E-state index in [2.05, 4.69) is 45.9 Å². The van der Waals surface area contributed by atoms with E-state index in [0.29, 0.717) is 5.92 Å². The summed E-state index contributed by atoms with van der Waals surface area (Å²) in [4.78, 5) is 0. The molecule has 1 unspecified atom stereocenters. The minimum atomic E-state index is -0.694. The van der Waals surface area contributed by atoms with Crippen molar-refractivity contribution in [1.82, 2.24) is 0 Å². The molecule has 0 aromatic heterocycles. The zero-order chi connectivity index (χ0) is 12.3. The minimum Gasteiger partial charge on any atom is -0.385 e. The van der Waals surface area contributed by atoms with Gasteiger partial charge in [-0.1, -0.05) is 37.6 Å². The molecule has 1 heteroatoms. The van der Waals surface area contributed by atoms with Gasteiger partial charge in [-0.25, -0.2) is 0 Å². The lowest BCUT2D eigenvalue weighted by atomic mass is 9.85. The fraction of sp³-hybridized carbons (Fsp3) is 0.600. The summed E-state index contributed by atoms with van der Waals surface area (Å²) in [6.07, 6.45) is 1.88. The maximum absolute atomic E-state index is 10.5. The Labute approximate surface area is 99.5 Å². The van der Waals surface area contributed by atoms with Gasteiger partial charge < -0.3 is 5.11 Å². The van der Waals surface area contributed by atoms with E-state index >= 15 is 0 Å². The van der Waals surface area contributed by atoms with Crippen LogP contribution in [0.4, 0.5) is 0 Å². The van der Waals surface area contributed by atoms with E-state index in [4.69, 9.17) is 0 Å². The molecule has 0 saturated heterocycles. The second-order valence-corrected chi connectivity index (χ2v) is 5.52. The monoisotopic (exact) mass is 220 g/mol. The van der Waals surface area contributed by atoms with Crippen LogP contribution < -0.4 is 0 Å². The molecule has 1 atom stereocenters. The number of aryl methyl sites for hydroxylation is 2. The molecule has 1 nitrogen and oxygen atoms in total. The average Bonchev–Trinajstić information content (AvgIpc) is 2.19. The van der Waals surface area contributed by atoms with Gasteiger partial charge in [-0.2, -0.15) is 0 Å². The normalized spacial score (nSPS) is 15.2. The van der Waals surface area contributed by atoms with Crippen molar-refractivity contribution in [1.29, 1.82) is 0 Å². The van der Waals surface area contributed by atoms with Crippen LogP contribution in [0.5, 0.6) is 0 Å². The minimum absolute atomic E-state index is 0.636. The van der Waals surface area contributed by atoms with Crippen LogP contribution in [0.3, 0.4) is 0 Å². The van der Waals surface area contributed by atoms with Gasteiger partial charge in [0, 0.05) is 0 Å². The molecule has 0 radical (unpaired) electrons. The molecular formula is C15H24O. The smallest absolute Gasteiger partial charge is 0.0871 e. The van der Waals surface area contributed by atoms with Gasteiger partial charge in [-0.15, -0.1) is 0 Å². The van der Waals surface area contributed by atoms with Crippen LogP contribution in [0.15, 0.2) is 18.2 Å². The Kier molecular flexibility index (Phi) is 4.15. The van der Waals surface area contributed by atoms with Crippen LogP contribution >= 0.6 is 0 Å². The van der Waals surface area contributed by atoms with E-state index in [0.717, 1.165) is 18.4 Å². The van der Waals surface area contributed by atoms with Crippen molar-refractivity contribution in [3.63, 3.8) is 0 Å². The highest BCUT2D eigenvalue weighted by molar-refractivity contribution is 5.34. The van der Waals surface area contributed by atoms with E-state index in [1.54, 1.807) is 0 Å². The summed E-state index contributed by atoms with van der Waals surface area (Å²) >= 11 is 0. The molecular weight excluding hydrogens is 196 g/mol. The highest BCUT2D eigenvalue weighted by Crippen LogP contribution is 2.30. The van der Waals surface area contributed by atoms with Gasteiger partial charge in [0.1, 0.15) is 0 Å². The number of rotatable bonds is 4. The fourth-order valence-corrected chi connectivity index (χ4v) is 2.02. The first kappa shape index (κ1) is 13.2. The molecule has 0 aliphatic heterocycles. The Bertz CT molecular complexity index is 350. The van der Waals surface area contributed by atoms with Crippen molar-refractivity contribution >= 4 is 0 Å².